The van der Waals surface area contributed by atoms with Gasteiger partial charge in [-0.25, -0.2) is 4.98 Å². The number of likely N-dealkylation sites (N-methyl/N-ethyl adjacent to an activating group) is 1. The van der Waals surface area contributed by atoms with E-state index in [1.807, 2.05) is 49.1 Å². The third-order valence-corrected chi connectivity index (χ3v) is 4.61. The quantitative estimate of drug-likeness (QED) is 0.847. The smallest absolute Gasteiger partial charge is 0.254 e. The van der Waals surface area contributed by atoms with Gasteiger partial charge in [0.15, 0.2) is 0 Å². The number of carbonyl (C=O) groups is 1. The lowest BCUT2D eigenvalue weighted by molar-refractivity contribution is 0.0643. The highest BCUT2D eigenvalue weighted by atomic mass is 16.5. The van der Waals surface area contributed by atoms with Crippen LogP contribution in [0.5, 0.6) is 5.75 Å². The second-order valence-corrected chi connectivity index (χ2v) is 6.97. The zero-order valence-electron chi connectivity index (χ0n) is 16.3. The number of hydrogen-bond donors (Lipinski definition) is 1. The van der Waals surface area contributed by atoms with E-state index >= 15 is 0 Å². The van der Waals surface area contributed by atoms with E-state index in [9.17, 15) is 4.79 Å². The molecule has 0 unspecified atom stereocenters. The van der Waals surface area contributed by atoms with E-state index in [4.69, 9.17) is 4.74 Å². The minimum Gasteiger partial charge on any atom is -0.491 e. The highest BCUT2D eigenvalue weighted by Crippen LogP contribution is 2.21. The lowest BCUT2D eigenvalue weighted by Gasteiger charge is -2.34. The number of hydrogen-bond acceptors (Lipinski definition) is 5. The Morgan fingerprint density at radius 2 is 1.85 bits per heavy atom. The molecule has 0 saturated carbocycles. The van der Waals surface area contributed by atoms with Crippen LogP contribution in [0.4, 0.5) is 11.5 Å². The lowest BCUT2D eigenvalue weighted by Crippen LogP contribution is -2.48. The summed E-state index contributed by atoms with van der Waals surface area (Å²) in [5.74, 6) is 1.56. The van der Waals surface area contributed by atoms with Gasteiger partial charge in [-0.15, -0.1) is 0 Å². The van der Waals surface area contributed by atoms with Crippen LogP contribution in [0.1, 0.15) is 31.1 Å². The van der Waals surface area contributed by atoms with Crippen molar-refractivity contribution in [2.45, 2.75) is 26.9 Å². The molecule has 144 valence electrons. The first-order chi connectivity index (χ1) is 13.0. The van der Waals surface area contributed by atoms with Crippen molar-refractivity contribution < 1.29 is 9.53 Å². The second kappa shape index (κ2) is 8.86. The summed E-state index contributed by atoms with van der Waals surface area (Å²) in [6.07, 6.45) is 1.82. The van der Waals surface area contributed by atoms with Gasteiger partial charge in [0.05, 0.1) is 6.10 Å². The Balaban J connectivity index is 1.64. The number of nitrogens with zero attached hydrogens (tertiary/aromatic N) is 3. The van der Waals surface area contributed by atoms with Crippen molar-refractivity contribution in [3.63, 3.8) is 0 Å². The lowest BCUT2D eigenvalue weighted by atomic mass is 10.2. The standard InChI is InChI=1S/C21H28N4O2/c1-4-24-11-13-25(14-12-24)21(26)17-9-10-22-20(15-17)23-18-5-7-19(8-6-18)27-16(2)3/h5-10,15-16H,4,11-14H2,1-3H3,(H,22,23). The van der Waals surface area contributed by atoms with Crippen molar-refractivity contribution in [3.8, 4) is 5.75 Å². The SMILES string of the molecule is CCN1CCN(C(=O)c2ccnc(Nc3ccc(OC(C)C)cc3)c2)CC1. The van der Waals surface area contributed by atoms with Crippen LogP contribution in [0.3, 0.4) is 0 Å². The number of amides is 1. The average molecular weight is 368 g/mol. The predicted octanol–water partition coefficient (Wildman–Crippen LogP) is 3.39. The molecule has 0 spiro atoms. The van der Waals surface area contributed by atoms with E-state index in [1.165, 1.54) is 0 Å². The highest BCUT2D eigenvalue weighted by Gasteiger charge is 2.21. The molecule has 1 aromatic heterocycles. The van der Waals surface area contributed by atoms with E-state index in [0.717, 1.165) is 44.2 Å². The number of aromatic nitrogens is 1. The normalized spacial score (nSPS) is 15.0. The highest BCUT2D eigenvalue weighted by molar-refractivity contribution is 5.95. The molecule has 1 N–H and O–H groups in total. The number of anilines is 2. The summed E-state index contributed by atoms with van der Waals surface area (Å²) < 4.78 is 5.66. The first-order valence-electron chi connectivity index (χ1n) is 9.56. The van der Waals surface area contributed by atoms with Gasteiger partial charge >= 0.3 is 0 Å². The molecule has 6 heteroatoms. The molecule has 0 aliphatic carbocycles. The van der Waals surface area contributed by atoms with Crippen LogP contribution >= 0.6 is 0 Å². The summed E-state index contributed by atoms with van der Waals surface area (Å²) in [4.78, 5) is 21.4. The first kappa shape index (κ1) is 19.2. The van der Waals surface area contributed by atoms with E-state index in [2.05, 4.69) is 22.1 Å². The van der Waals surface area contributed by atoms with Crippen molar-refractivity contribution in [1.82, 2.24) is 14.8 Å². The van der Waals surface area contributed by atoms with Gasteiger partial charge in [0.25, 0.3) is 5.91 Å². The number of carbonyl (C=O) groups excluding carboxylic acids is 1. The molecule has 1 fully saturated rings. The minimum absolute atomic E-state index is 0.0666. The van der Waals surface area contributed by atoms with Gasteiger partial charge in [-0.3, -0.25) is 4.79 Å². The molecule has 1 amide bonds. The monoisotopic (exact) mass is 368 g/mol. The largest absolute Gasteiger partial charge is 0.491 e. The number of piperazine rings is 1. The van der Waals surface area contributed by atoms with Crippen molar-refractivity contribution in [2.24, 2.45) is 0 Å². The molecule has 0 radical (unpaired) electrons. The zero-order chi connectivity index (χ0) is 19.2. The molecular weight excluding hydrogens is 340 g/mol. The van der Waals surface area contributed by atoms with Gasteiger partial charge in [-0.2, -0.15) is 0 Å². The molecule has 2 aromatic rings. The Morgan fingerprint density at radius 1 is 1.15 bits per heavy atom. The Labute approximate surface area is 161 Å². The molecule has 2 heterocycles. The van der Waals surface area contributed by atoms with Crippen LogP contribution in [0.2, 0.25) is 0 Å². The van der Waals surface area contributed by atoms with Crippen LogP contribution in [-0.4, -0.2) is 59.5 Å². The summed E-state index contributed by atoms with van der Waals surface area (Å²) in [7, 11) is 0. The van der Waals surface area contributed by atoms with Crippen molar-refractivity contribution in [2.75, 3.05) is 38.0 Å². The fraction of sp³-hybridized carbons (Fsp3) is 0.429. The number of pyridine rings is 1. The number of benzene rings is 1. The van der Waals surface area contributed by atoms with Gasteiger partial charge in [0, 0.05) is 43.6 Å². The van der Waals surface area contributed by atoms with Gasteiger partial charge in [0.1, 0.15) is 11.6 Å². The molecule has 6 nitrogen and oxygen atoms in total. The maximum absolute atomic E-state index is 12.8. The zero-order valence-corrected chi connectivity index (χ0v) is 16.3. The molecule has 1 saturated heterocycles. The van der Waals surface area contributed by atoms with Crippen LogP contribution in [0, 0.1) is 0 Å². The summed E-state index contributed by atoms with van der Waals surface area (Å²) in [6.45, 7) is 10.6. The minimum atomic E-state index is 0.0666. The fourth-order valence-corrected chi connectivity index (χ4v) is 3.12. The Morgan fingerprint density at radius 3 is 2.48 bits per heavy atom. The van der Waals surface area contributed by atoms with Crippen LogP contribution in [0.25, 0.3) is 0 Å². The Hall–Kier alpha value is -2.60. The van der Waals surface area contributed by atoms with Gasteiger partial charge in [-0.1, -0.05) is 6.92 Å². The van der Waals surface area contributed by atoms with E-state index in [1.54, 1.807) is 12.3 Å². The number of ether oxygens (including phenoxy) is 1. The van der Waals surface area contributed by atoms with E-state index < -0.39 is 0 Å². The second-order valence-electron chi connectivity index (χ2n) is 6.97. The van der Waals surface area contributed by atoms with E-state index in [-0.39, 0.29) is 12.0 Å². The number of rotatable bonds is 6. The summed E-state index contributed by atoms with van der Waals surface area (Å²) in [5.41, 5.74) is 1.57. The third-order valence-electron chi connectivity index (χ3n) is 4.61. The molecule has 1 aromatic carbocycles. The molecule has 3 rings (SSSR count). The predicted molar refractivity (Wildman–Crippen MR) is 108 cm³/mol. The molecule has 27 heavy (non-hydrogen) atoms. The van der Waals surface area contributed by atoms with E-state index in [0.29, 0.717) is 11.4 Å². The van der Waals surface area contributed by atoms with Crippen molar-refractivity contribution in [1.29, 1.82) is 0 Å². The Bertz CT molecular complexity index is 753. The molecule has 1 aliphatic rings. The maximum atomic E-state index is 12.8. The van der Waals surface area contributed by atoms with Crippen LogP contribution < -0.4 is 10.1 Å². The topological polar surface area (TPSA) is 57.7 Å². The van der Waals surface area contributed by atoms with Crippen LogP contribution in [0.15, 0.2) is 42.6 Å². The third kappa shape index (κ3) is 5.20. The van der Waals surface area contributed by atoms with Crippen molar-refractivity contribution in [3.05, 3.63) is 48.2 Å². The Kier molecular flexibility index (Phi) is 6.29. The number of nitrogens with one attached hydrogen (secondary N) is 1. The molecule has 0 bridgehead atoms. The van der Waals surface area contributed by atoms with Gasteiger partial charge < -0.3 is 19.9 Å². The average Bonchev–Trinajstić information content (AvgIpc) is 2.69. The van der Waals surface area contributed by atoms with Gasteiger partial charge in [0.2, 0.25) is 0 Å². The summed E-state index contributed by atoms with van der Waals surface area (Å²) >= 11 is 0. The fourth-order valence-electron chi connectivity index (χ4n) is 3.12. The summed E-state index contributed by atoms with van der Waals surface area (Å²) in [6, 6.07) is 11.3. The first-order valence-corrected chi connectivity index (χ1v) is 9.56. The molecular formula is C21H28N4O2. The maximum Gasteiger partial charge on any atom is 0.254 e. The summed E-state index contributed by atoms with van der Waals surface area (Å²) in [5, 5.41) is 3.25. The van der Waals surface area contributed by atoms with Crippen LogP contribution in [-0.2, 0) is 0 Å². The van der Waals surface area contributed by atoms with Crippen molar-refractivity contribution >= 4 is 17.4 Å². The molecule has 0 atom stereocenters. The van der Waals surface area contributed by atoms with Gasteiger partial charge in [-0.05, 0) is 56.8 Å². The molecule has 1 aliphatic heterocycles.